The van der Waals surface area contributed by atoms with Crippen LogP contribution in [-0.4, -0.2) is 17.7 Å². The number of alkyl halides is 3. The Labute approximate surface area is 115 Å². The van der Waals surface area contributed by atoms with E-state index in [0.717, 1.165) is 5.56 Å². The monoisotopic (exact) mass is 286 g/mol. The van der Waals surface area contributed by atoms with Crippen molar-refractivity contribution in [2.45, 2.75) is 38.9 Å². The highest BCUT2D eigenvalue weighted by Crippen LogP contribution is 2.26. The summed E-state index contributed by atoms with van der Waals surface area (Å²) >= 11 is 0. The molecule has 0 aliphatic carbocycles. The van der Waals surface area contributed by atoms with Crippen LogP contribution >= 0.6 is 0 Å². The van der Waals surface area contributed by atoms with Crippen LogP contribution < -0.4 is 5.32 Å². The van der Waals surface area contributed by atoms with Crippen LogP contribution in [0.4, 0.5) is 13.2 Å². The molecule has 1 N–H and O–H groups in total. The molecule has 0 saturated carbocycles. The molecule has 0 atom stereocenters. The highest BCUT2D eigenvalue weighted by Gasteiger charge is 2.26. The predicted octanol–water partition coefficient (Wildman–Crippen LogP) is 3.78. The largest absolute Gasteiger partial charge is 0.439 e. The van der Waals surface area contributed by atoms with Crippen molar-refractivity contribution in [1.82, 2.24) is 10.3 Å². The van der Waals surface area contributed by atoms with Gasteiger partial charge in [-0.25, -0.2) is 4.98 Å². The molecule has 20 heavy (non-hydrogen) atoms. The quantitative estimate of drug-likeness (QED) is 0.933. The van der Waals surface area contributed by atoms with Crippen molar-refractivity contribution < 1.29 is 17.6 Å². The van der Waals surface area contributed by atoms with Crippen LogP contribution in [0.25, 0.3) is 11.1 Å². The molecular weight excluding hydrogens is 269 g/mol. The number of hydrogen-bond acceptors (Lipinski definition) is 3. The summed E-state index contributed by atoms with van der Waals surface area (Å²) in [6.45, 7) is 5.15. The van der Waals surface area contributed by atoms with Crippen molar-refractivity contribution in [2.24, 2.45) is 0 Å². The normalized spacial score (nSPS) is 13.1. The van der Waals surface area contributed by atoms with Crippen molar-refractivity contribution in [3.63, 3.8) is 0 Å². The second-order valence-corrected chi connectivity index (χ2v) is 5.76. The van der Waals surface area contributed by atoms with Gasteiger partial charge in [-0.3, -0.25) is 0 Å². The Balaban J connectivity index is 2.13. The van der Waals surface area contributed by atoms with E-state index < -0.39 is 12.7 Å². The first kappa shape index (κ1) is 14.8. The van der Waals surface area contributed by atoms with Gasteiger partial charge in [0.25, 0.3) is 0 Å². The Kier molecular flexibility index (Phi) is 3.77. The topological polar surface area (TPSA) is 38.1 Å². The van der Waals surface area contributed by atoms with Crippen molar-refractivity contribution >= 4 is 11.1 Å². The fourth-order valence-corrected chi connectivity index (χ4v) is 1.83. The van der Waals surface area contributed by atoms with Crippen LogP contribution in [0.5, 0.6) is 0 Å². The van der Waals surface area contributed by atoms with Crippen LogP contribution in [0.2, 0.25) is 0 Å². The summed E-state index contributed by atoms with van der Waals surface area (Å²) in [5, 5.41) is 2.27. The SMILES string of the molecule is CC(C)(C)c1ccc2oc(CNCC(F)(F)F)nc2c1. The van der Waals surface area contributed by atoms with Crippen LogP contribution in [0.15, 0.2) is 22.6 Å². The van der Waals surface area contributed by atoms with Gasteiger partial charge in [-0.1, -0.05) is 26.8 Å². The molecule has 0 spiro atoms. The van der Waals surface area contributed by atoms with Crippen molar-refractivity contribution in [3.05, 3.63) is 29.7 Å². The number of benzene rings is 1. The molecule has 0 saturated heterocycles. The third-order valence-corrected chi connectivity index (χ3v) is 2.90. The molecule has 110 valence electrons. The third-order valence-electron chi connectivity index (χ3n) is 2.90. The molecule has 0 fully saturated rings. The molecule has 1 aromatic carbocycles. The van der Waals surface area contributed by atoms with E-state index >= 15 is 0 Å². The second-order valence-electron chi connectivity index (χ2n) is 5.76. The minimum Gasteiger partial charge on any atom is -0.439 e. The van der Waals surface area contributed by atoms with Gasteiger partial charge in [0.2, 0.25) is 5.89 Å². The molecule has 6 heteroatoms. The van der Waals surface area contributed by atoms with Gasteiger partial charge in [-0.05, 0) is 23.1 Å². The lowest BCUT2D eigenvalue weighted by Crippen LogP contribution is -2.28. The van der Waals surface area contributed by atoms with Gasteiger partial charge in [-0.15, -0.1) is 0 Å². The molecule has 0 aliphatic heterocycles. The molecular formula is C14H17F3N2O. The molecule has 0 aliphatic rings. The number of nitrogens with one attached hydrogen (secondary N) is 1. The fourth-order valence-electron chi connectivity index (χ4n) is 1.83. The molecule has 2 rings (SSSR count). The van der Waals surface area contributed by atoms with E-state index in [1.165, 1.54) is 0 Å². The van der Waals surface area contributed by atoms with E-state index in [9.17, 15) is 13.2 Å². The number of rotatable bonds is 3. The van der Waals surface area contributed by atoms with E-state index in [0.29, 0.717) is 11.1 Å². The minimum absolute atomic E-state index is 0.0121. The van der Waals surface area contributed by atoms with Gasteiger partial charge >= 0.3 is 6.18 Å². The number of fused-ring (bicyclic) bond motifs is 1. The Hall–Kier alpha value is -1.56. The van der Waals surface area contributed by atoms with Gasteiger partial charge < -0.3 is 9.73 Å². The summed E-state index contributed by atoms with van der Waals surface area (Å²) < 4.78 is 41.5. The lowest BCUT2D eigenvalue weighted by Gasteiger charge is -2.18. The molecule has 1 heterocycles. The van der Waals surface area contributed by atoms with Crippen LogP contribution in [-0.2, 0) is 12.0 Å². The smallest absolute Gasteiger partial charge is 0.401 e. The first-order chi connectivity index (χ1) is 9.15. The molecule has 3 nitrogen and oxygen atoms in total. The summed E-state index contributed by atoms with van der Waals surface area (Å²) in [4.78, 5) is 4.21. The lowest BCUT2D eigenvalue weighted by molar-refractivity contribution is -0.125. The van der Waals surface area contributed by atoms with Gasteiger partial charge in [0.1, 0.15) is 5.52 Å². The summed E-state index contributed by atoms with van der Waals surface area (Å²) in [7, 11) is 0. The zero-order valence-electron chi connectivity index (χ0n) is 11.6. The van der Waals surface area contributed by atoms with Crippen molar-refractivity contribution in [2.75, 3.05) is 6.54 Å². The van der Waals surface area contributed by atoms with E-state index in [1.807, 2.05) is 12.1 Å². The van der Waals surface area contributed by atoms with E-state index in [4.69, 9.17) is 4.42 Å². The average molecular weight is 286 g/mol. The van der Waals surface area contributed by atoms with Gasteiger partial charge in [-0.2, -0.15) is 13.2 Å². The first-order valence-electron chi connectivity index (χ1n) is 6.32. The first-order valence-corrected chi connectivity index (χ1v) is 6.32. The number of halogens is 3. The predicted molar refractivity (Wildman–Crippen MR) is 70.5 cm³/mol. The van der Waals surface area contributed by atoms with E-state index in [2.05, 4.69) is 31.1 Å². The highest BCUT2D eigenvalue weighted by molar-refractivity contribution is 5.73. The molecule has 0 bridgehead atoms. The van der Waals surface area contributed by atoms with Gasteiger partial charge in [0, 0.05) is 0 Å². The van der Waals surface area contributed by atoms with Crippen molar-refractivity contribution in [3.8, 4) is 0 Å². The van der Waals surface area contributed by atoms with Crippen LogP contribution in [0, 0.1) is 0 Å². The van der Waals surface area contributed by atoms with E-state index in [1.54, 1.807) is 6.07 Å². The zero-order valence-corrected chi connectivity index (χ0v) is 11.6. The number of hydrogen-bond donors (Lipinski definition) is 1. The molecule has 0 unspecified atom stereocenters. The second kappa shape index (κ2) is 5.09. The zero-order chi connectivity index (χ0) is 15.0. The summed E-state index contributed by atoms with van der Waals surface area (Å²) in [5.74, 6) is 0.260. The molecule has 2 aromatic rings. The maximum Gasteiger partial charge on any atom is 0.401 e. The molecule has 0 amide bonds. The Morgan fingerprint density at radius 2 is 1.90 bits per heavy atom. The fraction of sp³-hybridized carbons (Fsp3) is 0.500. The Morgan fingerprint density at radius 1 is 1.20 bits per heavy atom. The van der Waals surface area contributed by atoms with Crippen LogP contribution in [0.3, 0.4) is 0 Å². The lowest BCUT2D eigenvalue weighted by atomic mass is 9.87. The Morgan fingerprint density at radius 3 is 2.50 bits per heavy atom. The Bertz CT molecular complexity index is 596. The maximum atomic E-state index is 12.0. The highest BCUT2D eigenvalue weighted by atomic mass is 19.4. The number of oxazole rings is 1. The summed E-state index contributed by atoms with van der Waals surface area (Å²) in [6.07, 6.45) is -4.23. The third kappa shape index (κ3) is 3.72. The number of aromatic nitrogens is 1. The maximum absolute atomic E-state index is 12.0. The summed E-state index contributed by atoms with van der Waals surface area (Å²) in [5.41, 5.74) is 2.35. The minimum atomic E-state index is -4.23. The molecule has 1 aromatic heterocycles. The van der Waals surface area contributed by atoms with Crippen LogP contribution in [0.1, 0.15) is 32.2 Å². The number of nitrogens with zero attached hydrogens (tertiary/aromatic N) is 1. The molecule has 0 radical (unpaired) electrons. The van der Waals surface area contributed by atoms with E-state index in [-0.39, 0.29) is 17.9 Å². The van der Waals surface area contributed by atoms with Gasteiger partial charge in [0.05, 0.1) is 13.1 Å². The van der Waals surface area contributed by atoms with Gasteiger partial charge in [0.15, 0.2) is 5.58 Å². The van der Waals surface area contributed by atoms with Crippen molar-refractivity contribution in [1.29, 1.82) is 0 Å². The standard InChI is InChI=1S/C14H17F3N2O/c1-13(2,3)9-4-5-11-10(6-9)19-12(20-11)7-18-8-14(15,16)17/h4-6,18H,7-8H2,1-3H3. The summed E-state index contributed by atoms with van der Waals surface area (Å²) in [6, 6.07) is 5.66. The average Bonchev–Trinajstić information content (AvgIpc) is 2.67.